The Bertz CT molecular complexity index is 639. The summed E-state index contributed by atoms with van der Waals surface area (Å²) < 4.78 is 25.9. The van der Waals surface area contributed by atoms with Crippen LogP contribution in [0.15, 0.2) is 0 Å². The fraction of sp³-hybridized carbons (Fsp3) is 0.880. The van der Waals surface area contributed by atoms with E-state index < -0.39 is 32.5 Å². The molecule has 1 atom stereocenters. The number of phosphoric ester groups is 1. The van der Waals surface area contributed by atoms with Crippen LogP contribution in [0, 0.1) is 0 Å². The summed E-state index contributed by atoms with van der Waals surface area (Å²) in [6.45, 7) is 3.50. The maximum absolute atomic E-state index is 12.1. The molecule has 0 unspecified atom stereocenters. The van der Waals surface area contributed by atoms with Crippen LogP contribution in [0.2, 0.25) is 0 Å². The van der Waals surface area contributed by atoms with Crippen LogP contribution >= 0.6 is 7.82 Å². The molecule has 0 aromatic carbocycles. The van der Waals surface area contributed by atoms with E-state index in [4.69, 9.17) is 19.3 Å². The Morgan fingerprint density at radius 1 is 0.750 bits per heavy atom. The van der Waals surface area contributed by atoms with Gasteiger partial charge < -0.3 is 24.6 Å². The molecule has 212 valence electrons. The minimum atomic E-state index is -4.74. The van der Waals surface area contributed by atoms with Crippen molar-refractivity contribution in [1.29, 1.82) is 0 Å². The van der Waals surface area contributed by atoms with Crippen molar-refractivity contribution in [1.82, 2.24) is 5.32 Å². The van der Waals surface area contributed by atoms with Crippen molar-refractivity contribution < 1.29 is 42.7 Å². The van der Waals surface area contributed by atoms with Crippen molar-refractivity contribution in [3.05, 3.63) is 0 Å². The first-order valence-electron chi connectivity index (χ1n) is 13.4. The molecule has 0 aromatic rings. The number of phosphoric acid groups is 1. The van der Waals surface area contributed by atoms with E-state index in [1.165, 1.54) is 26.2 Å². The molecule has 0 aromatic heterocycles. The van der Waals surface area contributed by atoms with E-state index >= 15 is 0 Å². The van der Waals surface area contributed by atoms with Gasteiger partial charge in [-0.2, -0.15) is 0 Å². The second-order valence-corrected chi connectivity index (χ2v) is 10.4. The molecule has 1 amide bonds. The monoisotopic (exact) mass is 537 g/mol. The minimum Gasteiger partial charge on any atom is -0.462 e. The van der Waals surface area contributed by atoms with E-state index in [9.17, 15) is 18.9 Å². The minimum absolute atomic E-state index is 0.0100. The Balaban J connectivity index is 4.07. The average Bonchev–Trinajstić information content (AvgIpc) is 2.80. The lowest BCUT2D eigenvalue weighted by Gasteiger charge is -2.18. The number of nitrogens with one attached hydrogen (secondary N) is 1. The molecule has 0 saturated heterocycles. The van der Waals surface area contributed by atoms with Gasteiger partial charge in [0.25, 0.3) is 0 Å². The number of hydrogen-bond acceptors (Lipinski definition) is 7. The number of carbonyl (C=O) groups excluding carboxylic acids is 3. The highest BCUT2D eigenvalue weighted by atomic mass is 31.2. The smallest absolute Gasteiger partial charge is 0.462 e. The maximum atomic E-state index is 12.1. The molecule has 0 radical (unpaired) electrons. The van der Waals surface area contributed by atoms with Crippen LogP contribution < -0.4 is 5.32 Å². The largest absolute Gasteiger partial charge is 0.469 e. The van der Waals surface area contributed by atoms with Crippen LogP contribution in [0.3, 0.4) is 0 Å². The van der Waals surface area contributed by atoms with Gasteiger partial charge in [0, 0.05) is 26.3 Å². The number of rotatable bonds is 24. The quantitative estimate of drug-likeness (QED) is 0.0883. The molecule has 0 aliphatic heterocycles. The number of amides is 1. The van der Waals surface area contributed by atoms with E-state index in [0.29, 0.717) is 19.4 Å². The lowest BCUT2D eigenvalue weighted by Crippen LogP contribution is -2.29. The fourth-order valence-electron chi connectivity index (χ4n) is 3.57. The molecule has 0 bridgehead atoms. The molecule has 10 nitrogen and oxygen atoms in total. The first-order chi connectivity index (χ1) is 17.1. The molecular weight excluding hydrogens is 489 g/mol. The Morgan fingerprint density at radius 2 is 1.25 bits per heavy atom. The number of esters is 2. The van der Waals surface area contributed by atoms with Gasteiger partial charge in [-0.1, -0.05) is 77.6 Å². The van der Waals surface area contributed by atoms with Crippen molar-refractivity contribution in [2.45, 2.75) is 123 Å². The van der Waals surface area contributed by atoms with Gasteiger partial charge in [0.2, 0.25) is 5.91 Å². The van der Waals surface area contributed by atoms with Gasteiger partial charge in [0.05, 0.1) is 6.61 Å². The van der Waals surface area contributed by atoms with Gasteiger partial charge in [0.15, 0.2) is 6.10 Å². The predicted molar refractivity (Wildman–Crippen MR) is 137 cm³/mol. The van der Waals surface area contributed by atoms with Crippen LogP contribution in [0.5, 0.6) is 0 Å². The standard InChI is InChI=1S/C25H48NO9P/c1-3-4-5-6-8-12-15-18-25(29)35-23(21-34-36(30,31)32)20-33-24(28)17-14-11-9-7-10-13-16-19-26-22(2)27/h23H,3-21H2,1-2H3,(H,26,27)(H2,30,31,32)/t23-/m1/s1. The summed E-state index contributed by atoms with van der Waals surface area (Å²) in [6, 6.07) is 0. The lowest BCUT2D eigenvalue weighted by molar-refractivity contribution is -0.161. The second-order valence-electron chi connectivity index (χ2n) is 9.16. The molecule has 0 spiro atoms. The highest BCUT2D eigenvalue weighted by Crippen LogP contribution is 2.35. The second kappa shape index (κ2) is 22.7. The van der Waals surface area contributed by atoms with Crippen LogP contribution in [0.4, 0.5) is 0 Å². The molecule has 0 aliphatic rings. The zero-order valence-corrected chi connectivity index (χ0v) is 23.1. The van der Waals surface area contributed by atoms with Crippen molar-refractivity contribution in [3.8, 4) is 0 Å². The van der Waals surface area contributed by atoms with Gasteiger partial charge in [-0.3, -0.25) is 18.9 Å². The normalized spacial score (nSPS) is 12.2. The number of carbonyl (C=O) groups is 3. The Hall–Kier alpha value is -1.48. The maximum Gasteiger partial charge on any atom is 0.469 e. The summed E-state index contributed by atoms with van der Waals surface area (Å²) in [5.74, 6) is -0.963. The van der Waals surface area contributed by atoms with E-state index in [-0.39, 0.29) is 25.4 Å². The van der Waals surface area contributed by atoms with Crippen LogP contribution in [0.1, 0.15) is 117 Å². The first-order valence-corrected chi connectivity index (χ1v) is 15.0. The highest BCUT2D eigenvalue weighted by molar-refractivity contribution is 7.46. The zero-order chi connectivity index (χ0) is 27.1. The molecular formula is C25H48NO9P. The third-order valence-electron chi connectivity index (χ3n) is 5.57. The van der Waals surface area contributed by atoms with Crippen LogP contribution in [0.25, 0.3) is 0 Å². The molecule has 0 fully saturated rings. The number of hydrogen-bond donors (Lipinski definition) is 3. The van der Waals surface area contributed by atoms with Crippen molar-refractivity contribution >= 4 is 25.7 Å². The molecule has 0 saturated carbocycles. The molecule has 11 heteroatoms. The third kappa shape index (κ3) is 25.6. The summed E-state index contributed by atoms with van der Waals surface area (Å²) in [6.07, 6.45) is 13.4. The highest BCUT2D eigenvalue weighted by Gasteiger charge is 2.22. The van der Waals surface area contributed by atoms with Gasteiger partial charge in [-0.05, 0) is 19.3 Å². The first kappa shape index (κ1) is 34.5. The van der Waals surface area contributed by atoms with Crippen LogP contribution in [-0.2, 0) is 32.9 Å². The zero-order valence-electron chi connectivity index (χ0n) is 22.2. The summed E-state index contributed by atoms with van der Waals surface area (Å²) in [5.41, 5.74) is 0. The predicted octanol–water partition coefficient (Wildman–Crippen LogP) is 4.95. The topological polar surface area (TPSA) is 148 Å². The SMILES string of the molecule is CCCCCCCCCC(=O)O[C@H](COC(=O)CCCCCCCCCNC(C)=O)COP(=O)(O)O. The third-order valence-corrected chi connectivity index (χ3v) is 6.06. The Kier molecular flexibility index (Phi) is 21.8. The van der Waals surface area contributed by atoms with Gasteiger partial charge >= 0.3 is 19.8 Å². The van der Waals surface area contributed by atoms with Gasteiger partial charge in [-0.15, -0.1) is 0 Å². The number of unbranched alkanes of at least 4 members (excludes halogenated alkanes) is 12. The molecule has 0 aliphatic carbocycles. The summed E-state index contributed by atoms with van der Waals surface area (Å²) >= 11 is 0. The average molecular weight is 538 g/mol. The Morgan fingerprint density at radius 3 is 1.78 bits per heavy atom. The van der Waals surface area contributed by atoms with Gasteiger partial charge in [-0.25, -0.2) is 4.57 Å². The fourth-order valence-corrected chi connectivity index (χ4v) is 3.93. The van der Waals surface area contributed by atoms with E-state index in [1.54, 1.807) is 0 Å². The van der Waals surface area contributed by atoms with E-state index in [2.05, 4.69) is 16.8 Å². The number of ether oxygens (including phenoxy) is 2. The van der Waals surface area contributed by atoms with Gasteiger partial charge in [0.1, 0.15) is 6.61 Å². The molecule has 0 rings (SSSR count). The van der Waals surface area contributed by atoms with Crippen molar-refractivity contribution in [2.24, 2.45) is 0 Å². The van der Waals surface area contributed by atoms with Crippen LogP contribution in [-0.4, -0.2) is 53.5 Å². The molecule has 0 heterocycles. The van der Waals surface area contributed by atoms with E-state index in [1.807, 2.05) is 0 Å². The molecule has 3 N–H and O–H groups in total. The lowest BCUT2D eigenvalue weighted by atomic mass is 10.1. The summed E-state index contributed by atoms with van der Waals surface area (Å²) in [4.78, 5) is 52.8. The Labute approximate surface area is 216 Å². The molecule has 36 heavy (non-hydrogen) atoms. The summed E-state index contributed by atoms with van der Waals surface area (Å²) in [7, 11) is -4.74. The van der Waals surface area contributed by atoms with Crippen molar-refractivity contribution in [3.63, 3.8) is 0 Å². The van der Waals surface area contributed by atoms with E-state index in [0.717, 1.165) is 57.8 Å². The van der Waals surface area contributed by atoms with Crippen molar-refractivity contribution in [2.75, 3.05) is 19.8 Å². The summed E-state index contributed by atoms with van der Waals surface area (Å²) in [5, 5.41) is 2.77.